The van der Waals surface area contributed by atoms with Crippen molar-refractivity contribution in [2.75, 3.05) is 49.8 Å². The molecule has 3 aromatic heterocycles. The maximum absolute atomic E-state index is 12.4. The minimum atomic E-state index is -0.283. The van der Waals surface area contributed by atoms with E-state index in [1.807, 2.05) is 38.5 Å². The number of carbonyl (C=O) groups excluding carboxylic acids is 1. The highest BCUT2D eigenvalue weighted by Gasteiger charge is 2.25. The Morgan fingerprint density at radius 2 is 2.00 bits per heavy atom. The average molecular weight is 530 g/mol. The van der Waals surface area contributed by atoms with Crippen LogP contribution in [0.15, 0.2) is 43.4 Å². The van der Waals surface area contributed by atoms with Gasteiger partial charge in [0.1, 0.15) is 11.4 Å². The van der Waals surface area contributed by atoms with E-state index in [1.165, 1.54) is 6.08 Å². The van der Waals surface area contributed by atoms with Gasteiger partial charge in [0.2, 0.25) is 11.9 Å². The standard InChI is InChI=1S/C28H35N9O2/c1-7-24(38)31-20-12-21(23(39-6)13-22(20)37-10-8-19(9-11-37)35(3)4)32-28-33-26(18-15-30-36(5)16-18)25-17(2)14-29-27(25)34-28/h7,12-16,19H,1,8-11H2,2-6H3,(H,31,38)(H2,29,32,33,34). The van der Waals surface area contributed by atoms with Crippen LogP contribution in [0.3, 0.4) is 0 Å². The van der Waals surface area contributed by atoms with Gasteiger partial charge in [0, 0.05) is 55.6 Å². The number of ether oxygens (including phenoxy) is 1. The van der Waals surface area contributed by atoms with Gasteiger partial charge in [-0.15, -0.1) is 0 Å². The molecule has 4 aromatic rings. The molecule has 11 heteroatoms. The van der Waals surface area contributed by atoms with Crippen LogP contribution in [0.5, 0.6) is 5.75 Å². The Bertz CT molecular complexity index is 1510. The first-order chi connectivity index (χ1) is 18.8. The van der Waals surface area contributed by atoms with Gasteiger partial charge in [-0.2, -0.15) is 10.1 Å². The maximum Gasteiger partial charge on any atom is 0.247 e. The van der Waals surface area contributed by atoms with E-state index in [9.17, 15) is 4.79 Å². The smallest absolute Gasteiger partial charge is 0.247 e. The van der Waals surface area contributed by atoms with Crippen LogP contribution in [0.4, 0.5) is 23.0 Å². The van der Waals surface area contributed by atoms with Crippen LogP contribution < -0.4 is 20.3 Å². The molecule has 0 saturated carbocycles. The van der Waals surface area contributed by atoms with E-state index in [2.05, 4.69) is 51.2 Å². The van der Waals surface area contributed by atoms with Crippen molar-refractivity contribution in [3.05, 3.63) is 48.9 Å². The summed E-state index contributed by atoms with van der Waals surface area (Å²) in [6, 6.07) is 4.36. The number of anilines is 4. The van der Waals surface area contributed by atoms with Gasteiger partial charge < -0.3 is 30.2 Å². The third kappa shape index (κ3) is 5.30. The van der Waals surface area contributed by atoms with Gasteiger partial charge in [0.25, 0.3) is 0 Å². The predicted octanol–water partition coefficient (Wildman–Crippen LogP) is 4.07. The molecule has 204 valence electrons. The summed E-state index contributed by atoms with van der Waals surface area (Å²) in [7, 11) is 7.74. The Labute approximate surface area is 227 Å². The second-order valence-electron chi connectivity index (χ2n) is 10.1. The first-order valence-electron chi connectivity index (χ1n) is 13.0. The first-order valence-corrected chi connectivity index (χ1v) is 13.0. The van der Waals surface area contributed by atoms with E-state index < -0.39 is 0 Å². The Hall–Kier alpha value is -4.38. The van der Waals surface area contributed by atoms with Crippen molar-refractivity contribution in [1.29, 1.82) is 0 Å². The molecule has 0 aliphatic carbocycles. The van der Waals surface area contributed by atoms with E-state index in [0.717, 1.165) is 53.8 Å². The number of aromatic amines is 1. The SMILES string of the molecule is C=CC(=O)Nc1cc(Nc2nc(-c3cnn(C)c3)c3c(C)c[nH]c3n2)c(OC)cc1N1CCC(N(C)C)CC1. The molecule has 1 fully saturated rings. The molecule has 1 aliphatic rings. The molecule has 1 amide bonds. The summed E-state index contributed by atoms with van der Waals surface area (Å²) in [5.41, 5.74) is 5.61. The number of hydrogen-bond acceptors (Lipinski definition) is 8. The maximum atomic E-state index is 12.4. The van der Waals surface area contributed by atoms with Gasteiger partial charge in [-0.05, 0) is 51.6 Å². The Balaban J connectivity index is 1.54. The monoisotopic (exact) mass is 529 g/mol. The summed E-state index contributed by atoms with van der Waals surface area (Å²) in [5, 5.41) is 11.6. The number of nitrogens with one attached hydrogen (secondary N) is 3. The largest absolute Gasteiger partial charge is 0.494 e. The summed E-state index contributed by atoms with van der Waals surface area (Å²) in [6.45, 7) is 7.38. The summed E-state index contributed by atoms with van der Waals surface area (Å²) < 4.78 is 7.54. The van der Waals surface area contributed by atoms with Gasteiger partial charge in [-0.3, -0.25) is 9.48 Å². The fourth-order valence-corrected chi connectivity index (χ4v) is 5.12. The molecular weight excluding hydrogens is 494 g/mol. The van der Waals surface area contributed by atoms with Gasteiger partial charge in [-0.1, -0.05) is 6.58 Å². The fourth-order valence-electron chi connectivity index (χ4n) is 5.12. The molecule has 1 aliphatic heterocycles. The van der Waals surface area contributed by atoms with Crippen molar-refractivity contribution in [1.82, 2.24) is 29.6 Å². The highest BCUT2D eigenvalue weighted by molar-refractivity contribution is 6.02. The van der Waals surface area contributed by atoms with Crippen molar-refractivity contribution in [3.8, 4) is 17.0 Å². The summed E-state index contributed by atoms with van der Waals surface area (Å²) in [4.78, 5) is 29.8. The number of fused-ring (bicyclic) bond motifs is 1. The van der Waals surface area contributed by atoms with Gasteiger partial charge in [-0.25, -0.2) is 4.98 Å². The van der Waals surface area contributed by atoms with Crippen LogP contribution in [0.2, 0.25) is 0 Å². The van der Waals surface area contributed by atoms with Crippen LogP contribution in [0, 0.1) is 6.92 Å². The lowest BCUT2D eigenvalue weighted by molar-refractivity contribution is -0.111. The predicted molar refractivity (Wildman–Crippen MR) is 155 cm³/mol. The minimum Gasteiger partial charge on any atom is -0.494 e. The summed E-state index contributed by atoms with van der Waals surface area (Å²) >= 11 is 0. The lowest BCUT2D eigenvalue weighted by Crippen LogP contribution is -2.42. The third-order valence-electron chi connectivity index (χ3n) is 7.25. The van der Waals surface area contributed by atoms with Gasteiger partial charge >= 0.3 is 0 Å². The third-order valence-corrected chi connectivity index (χ3v) is 7.25. The number of benzene rings is 1. The van der Waals surface area contributed by atoms with Gasteiger partial charge in [0.05, 0.1) is 36.1 Å². The van der Waals surface area contributed by atoms with E-state index in [1.54, 1.807) is 18.0 Å². The van der Waals surface area contributed by atoms with Crippen molar-refractivity contribution in [3.63, 3.8) is 0 Å². The molecule has 4 heterocycles. The second kappa shape index (κ2) is 10.8. The highest BCUT2D eigenvalue weighted by atomic mass is 16.5. The van der Waals surface area contributed by atoms with Crippen LogP contribution in [-0.2, 0) is 11.8 Å². The lowest BCUT2D eigenvalue weighted by atomic mass is 10.0. The Morgan fingerprint density at radius 1 is 1.23 bits per heavy atom. The topological polar surface area (TPSA) is 116 Å². The highest BCUT2D eigenvalue weighted by Crippen LogP contribution is 2.40. The Morgan fingerprint density at radius 3 is 2.64 bits per heavy atom. The number of nitrogens with zero attached hydrogens (tertiary/aromatic N) is 6. The summed E-state index contributed by atoms with van der Waals surface area (Å²) in [5.74, 6) is 0.724. The number of methoxy groups -OCH3 is 1. The molecule has 0 radical (unpaired) electrons. The number of amides is 1. The van der Waals surface area contributed by atoms with Crippen LogP contribution in [0.25, 0.3) is 22.3 Å². The van der Waals surface area contributed by atoms with E-state index in [0.29, 0.717) is 34.8 Å². The number of H-pyrrole nitrogens is 1. The number of carbonyl (C=O) groups is 1. The van der Waals surface area contributed by atoms with Crippen molar-refractivity contribution in [2.24, 2.45) is 7.05 Å². The van der Waals surface area contributed by atoms with Crippen LogP contribution >= 0.6 is 0 Å². The molecule has 1 aromatic carbocycles. The number of hydrogen-bond donors (Lipinski definition) is 3. The van der Waals surface area contributed by atoms with Crippen molar-refractivity contribution >= 4 is 40.0 Å². The molecule has 0 unspecified atom stereocenters. The van der Waals surface area contributed by atoms with Crippen molar-refractivity contribution < 1.29 is 9.53 Å². The van der Waals surface area contributed by atoms with E-state index in [4.69, 9.17) is 14.7 Å². The molecule has 11 nitrogen and oxygen atoms in total. The fraction of sp³-hybridized carbons (Fsp3) is 0.357. The zero-order chi connectivity index (χ0) is 27.7. The van der Waals surface area contributed by atoms with Crippen molar-refractivity contribution in [2.45, 2.75) is 25.8 Å². The normalized spacial score (nSPS) is 14.2. The quantitative estimate of drug-likeness (QED) is 0.293. The van der Waals surface area contributed by atoms with E-state index >= 15 is 0 Å². The molecule has 0 atom stereocenters. The Kier molecular flexibility index (Phi) is 7.25. The molecular formula is C28H35N9O2. The molecule has 1 saturated heterocycles. The lowest BCUT2D eigenvalue weighted by Gasteiger charge is -2.37. The average Bonchev–Trinajstić information content (AvgIpc) is 3.53. The number of aromatic nitrogens is 5. The summed E-state index contributed by atoms with van der Waals surface area (Å²) in [6.07, 6.45) is 8.96. The van der Waals surface area contributed by atoms with Gasteiger partial charge in [0.15, 0.2) is 0 Å². The van der Waals surface area contributed by atoms with E-state index in [-0.39, 0.29) is 5.91 Å². The van der Waals surface area contributed by atoms with Crippen LogP contribution in [-0.4, -0.2) is 75.9 Å². The molecule has 0 spiro atoms. The number of piperidine rings is 1. The number of rotatable bonds is 8. The zero-order valence-electron chi connectivity index (χ0n) is 23.1. The zero-order valence-corrected chi connectivity index (χ0v) is 23.1. The minimum absolute atomic E-state index is 0.283. The molecule has 0 bridgehead atoms. The molecule has 5 rings (SSSR count). The first kappa shape index (κ1) is 26.2. The second-order valence-corrected chi connectivity index (χ2v) is 10.1. The number of aryl methyl sites for hydroxylation is 2. The van der Waals surface area contributed by atoms with Crippen LogP contribution in [0.1, 0.15) is 18.4 Å². The molecule has 39 heavy (non-hydrogen) atoms. The molecule has 3 N–H and O–H groups in total.